The summed E-state index contributed by atoms with van der Waals surface area (Å²) in [4.78, 5) is 26.7. The minimum Gasteiger partial charge on any atom is -0.297 e. The van der Waals surface area contributed by atoms with Crippen LogP contribution >= 0.6 is 23.2 Å². The highest BCUT2D eigenvalue weighted by Crippen LogP contribution is 2.11. The fourth-order valence-electron chi connectivity index (χ4n) is 2.15. The molecule has 2 aromatic rings. The van der Waals surface area contributed by atoms with Gasteiger partial charge in [-0.05, 0) is 30.5 Å². The summed E-state index contributed by atoms with van der Waals surface area (Å²) in [7, 11) is 0. The second kappa shape index (κ2) is 6.96. The molecule has 112 valence electrons. The SMILES string of the molecule is CCCc1c(Cl)[nH]c(=O)n(CCc2ccc(Cl)cc2)c1=O. The predicted molar refractivity (Wildman–Crippen MR) is 85.5 cm³/mol. The molecule has 0 saturated carbocycles. The standard InChI is InChI=1S/C15H16Cl2N2O2/c1-2-3-12-13(17)18-15(21)19(14(12)20)9-8-10-4-6-11(16)7-5-10/h4-7H,2-3,8-9H2,1H3,(H,18,21). The second-order valence-electron chi connectivity index (χ2n) is 4.81. The average molecular weight is 327 g/mol. The monoisotopic (exact) mass is 326 g/mol. The minimum atomic E-state index is -0.473. The van der Waals surface area contributed by atoms with Crippen molar-refractivity contribution < 1.29 is 0 Å². The van der Waals surface area contributed by atoms with Crippen LogP contribution < -0.4 is 11.2 Å². The van der Waals surface area contributed by atoms with E-state index in [4.69, 9.17) is 23.2 Å². The van der Waals surface area contributed by atoms with Gasteiger partial charge < -0.3 is 0 Å². The predicted octanol–water partition coefficient (Wildman–Crippen LogP) is 3.04. The van der Waals surface area contributed by atoms with Gasteiger partial charge >= 0.3 is 5.69 Å². The van der Waals surface area contributed by atoms with Crippen molar-refractivity contribution in [3.05, 3.63) is 66.4 Å². The van der Waals surface area contributed by atoms with Gasteiger partial charge in [0, 0.05) is 11.6 Å². The van der Waals surface area contributed by atoms with Crippen LogP contribution in [0.25, 0.3) is 0 Å². The minimum absolute atomic E-state index is 0.148. The van der Waals surface area contributed by atoms with Gasteiger partial charge in [-0.1, -0.05) is 48.7 Å². The molecule has 1 heterocycles. The number of aromatic nitrogens is 2. The average Bonchev–Trinajstić information content (AvgIpc) is 2.45. The molecule has 0 unspecified atom stereocenters. The molecule has 1 aromatic carbocycles. The lowest BCUT2D eigenvalue weighted by molar-refractivity contribution is 0.617. The Morgan fingerprint density at radius 3 is 2.38 bits per heavy atom. The van der Waals surface area contributed by atoms with Crippen molar-refractivity contribution in [3.63, 3.8) is 0 Å². The maximum absolute atomic E-state index is 12.3. The van der Waals surface area contributed by atoms with Gasteiger partial charge in [-0.25, -0.2) is 4.79 Å². The van der Waals surface area contributed by atoms with E-state index in [9.17, 15) is 9.59 Å². The number of nitrogens with zero attached hydrogens (tertiary/aromatic N) is 1. The molecule has 0 aliphatic heterocycles. The van der Waals surface area contributed by atoms with Gasteiger partial charge in [0.2, 0.25) is 0 Å². The number of rotatable bonds is 5. The van der Waals surface area contributed by atoms with Gasteiger partial charge in [0.15, 0.2) is 0 Å². The van der Waals surface area contributed by atoms with Crippen LogP contribution in [0.1, 0.15) is 24.5 Å². The van der Waals surface area contributed by atoms with Crippen molar-refractivity contribution in [2.75, 3.05) is 0 Å². The summed E-state index contributed by atoms with van der Waals surface area (Å²) in [5.41, 5.74) is 0.700. The zero-order valence-electron chi connectivity index (χ0n) is 11.7. The molecule has 0 atom stereocenters. The van der Waals surface area contributed by atoms with Gasteiger partial charge in [0.1, 0.15) is 5.15 Å². The summed E-state index contributed by atoms with van der Waals surface area (Å²) in [6, 6.07) is 7.33. The largest absolute Gasteiger partial charge is 0.329 e. The summed E-state index contributed by atoms with van der Waals surface area (Å²) >= 11 is 11.8. The van der Waals surface area contributed by atoms with Crippen molar-refractivity contribution in [1.29, 1.82) is 0 Å². The number of hydrogen-bond acceptors (Lipinski definition) is 2. The van der Waals surface area contributed by atoms with Crippen molar-refractivity contribution in [2.24, 2.45) is 0 Å². The molecule has 0 aliphatic carbocycles. The Morgan fingerprint density at radius 2 is 1.76 bits per heavy atom. The fourth-order valence-corrected chi connectivity index (χ4v) is 2.53. The number of H-pyrrole nitrogens is 1. The van der Waals surface area contributed by atoms with Crippen LogP contribution in [0.3, 0.4) is 0 Å². The molecular weight excluding hydrogens is 311 g/mol. The Labute approximate surface area is 132 Å². The number of hydrogen-bond donors (Lipinski definition) is 1. The number of aryl methyl sites for hydroxylation is 1. The Balaban J connectivity index is 2.27. The maximum Gasteiger partial charge on any atom is 0.329 e. The quantitative estimate of drug-likeness (QED) is 0.858. The molecule has 0 radical (unpaired) electrons. The van der Waals surface area contributed by atoms with Crippen LogP contribution in [0.5, 0.6) is 0 Å². The third-order valence-electron chi connectivity index (χ3n) is 3.27. The summed E-state index contributed by atoms with van der Waals surface area (Å²) in [6.45, 7) is 2.27. The third-order valence-corrected chi connectivity index (χ3v) is 3.84. The number of aromatic amines is 1. The molecule has 2 rings (SSSR count). The summed E-state index contributed by atoms with van der Waals surface area (Å²) in [5, 5.41) is 0.806. The summed E-state index contributed by atoms with van der Waals surface area (Å²) in [6.07, 6.45) is 1.92. The summed E-state index contributed by atoms with van der Waals surface area (Å²) < 4.78 is 1.20. The topological polar surface area (TPSA) is 54.9 Å². The Kier molecular flexibility index (Phi) is 5.26. The van der Waals surface area contributed by atoms with Crippen molar-refractivity contribution in [2.45, 2.75) is 32.7 Å². The van der Waals surface area contributed by atoms with E-state index in [1.807, 2.05) is 19.1 Å². The zero-order valence-corrected chi connectivity index (χ0v) is 13.2. The second-order valence-corrected chi connectivity index (χ2v) is 5.62. The molecule has 21 heavy (non-hydrogen) atoms. The van der Waals surface area contributed by atoms with Crippen LogP contribution in [-0.4, -0.2) is 9.55 Å². The van der Waals surface area contributed by atoms with Gasteiger partial charge in [-0.2, -0.15) is 0 Å². The molecule has 0 bridgehead atoms. The van der Waals surface area contributed by atoms with Crippen LogP contribution in [0, 0.1) is 0 Å². The Hall–Kier alpha value is -1.52. The van der Waals surface area contributed by atoms with Gasteiger partial charge in [0.25, 0.3) is 5.56 Å². The molecule has 0 aliphatic rings. The van der Waals surface area contributed by atoms with Crippen LogP contribution in [0.15, 0.2) is 33.9 Å². The highest BCUT2D eigenvalue weighted by atomic mass is 35.5. The normalized spacial score (nSPS) is 10.8. The van der Waals surface area contributed by atoms with Crippen LogP contribution in [-0.2, 0) is 19.4 Å². The van der Waals surface area contributed by atoms with E-state index in [0.717, 1.165) is 12.0 Å². The highest BCUT2D eigenvalue weighted by Gasteiger charge is 2.11. The van der Waals surface area contributed by atoms with E-state index in [1.165, 1.54) is 4.57 Å². The number of nitrogens with one attached hydrogen (secondary N) is 1. The maximum atomic E-state index is 12.3. The smallest absolute Gasteiger partial charge is 0.297 e. The van der Waals surface area contributed by atoms with Crippen molar-refractivity contribution in [1.82, 2.24) is 9.55 Å². The van der Waals surface area contributed by atoms with E-state index in [1.54, 1.807) is 12.1 Å². The first-order valence-corrected chi connectivity index (χ1v) is 7.54. The molecule has 6 heteroatoms. The lowest BCUT2D eigenvalue weighted by atomic mass is 10.1. The van der Waals surface area contributed by atoms with Gasteiger partial charge in [0.05, 0.1) is 5.56 Å². The van der Waals surface area contributed by atoms with E-state index in [0.29, 0.717) is 30.0 Å². The van der Waals surface area contributed by atoms with E-state index >= 15 is 0 Å². The molecule has 1 N–H and O–H groups in total. The van der Waals surface area contributed by atoms with E-state index in [2.05, 4.69) is 4.98 Å². The molecule has 4 nitrogen and oxygen atoms in total. The fraction of sp³-hybridized carbons (Fsp3) is 0.333. The van der Waals surface area contributed by atoms with E-state index in [-0.39, 0.29) is 10.7 Å². The molecular formula is C15H16Cl2N2O2. The van der Waals surface area contributed by atoms with Gasteiger partial charge in [-0.3, -0.25) is 14.3 Å². The first-order chi connectivity index (χ1) is 10.0. The van der Waals surface area contributed by atoms with Crippen molar-refractivity contribution >= 4 is 23.2 Å². The number of halogens is 2. The molecule has 0 spiro atoms. The lowest BCUT2D eigenvalue weighted by Crippen LogP contribution is -2.38. The van der Waals surface area contributed by atoms with Crippen molar-refractivity contribution in [3.8, 4) is 0 Å². The number of benzene rings is 1. The van der Waals surface area contributed by atoms with Crippen LogP contribution in [0.4, 0.5) is 0 Å². The summed E-state index contributed by atoms with van der Waals surface area (Å²) in [5.74, 6) is 0. The lowest BCUT2D eigenvalue weighted by Gasteiger charge is -2.08. The van der Waals surface area contributed by atoms with E-state index < -0.39 is 5.69 Å². The Morgan fingerprint density at radius 1 is 1.10 bits per heavy atom. The Bertz CT molecular complexity index is 733. The van der Waals surface area contributed by atoms with Gasteiger partial charge in [-0.15, -0.1) is 0 Å². The first kappa shape index (κ1) is 15.9. The molecule has 0 saturated heterocycles. The highest BCUT2D eigenvalue weighted by molar-refractivity contribution is 6.30. The van der Waals surface area contributed by atoms with Crippen LogP contribution in [0.2, 0.25) is 10.2 Å². The third kappa shape index (κ3) is 3.77. The molecule has 1 aromatic heterocycles. The first-order valence-electron chi connectivity index (χ1n) is 6.79. The molecule has 0 fully saturated rings. The zero-order chi connectivity index (χ0) is 15.4. The molecule has 0 amide bonds.